The summed E-state index contributed by atoms with van der Waals surface area (Å²) >= 11 is 7.62. The van der Waals surface area contributed by atoms with Crippen molar-refractivity contribution in [3.63, 3.8) is 0 Å². The quantitative estimate of drug-likeness (QED) is 0.320. The van der Waals surface area contributed by atoms with E-state index in [-0.39, 0.29) is 18.3 Å². The van der Waals surface area contributed by atoms with Crippen LogP contribution in [0.5, 0.6) is 0 Å². The fraction of sp³-hybridized carbons (Fsp3) is 0.308. The lowest BCUT2D eigenvalue weighted by Gasteiger charge is -2.28. The fourth-order valence-corrected chi connectivity index (χ4v) is 4.58. The van der Waals surface area contributed by atoms with Gasteiger partial charge in [-0.25, -0.2) is 9.18 Å². The van der Waals surface area contributed by atoms with Crippen LogP contribution in [0.4, 0.5) is 14.9 Å². The van der Waals surface area contributed by atoms with Crippen molar-refractivity contribution in [2.45, 2.75) is 26.4 Å². The molecule has 6 nitrogen and oxygen atoms in total. The van der Waals surface area contributed by atoms with Gasteiger partial charge in [-0.1, -0.05) is 29.8 Å². The minimum Gasteiger partial charge on any atom is -0.385 e. The molecule has 0 saturated carbocycles. The molecule has 1 heterocycles. The number of aryl methyl sites for hydroxylation is 1. The van der Waals surface area contributed by atoms with Gasteiger partial charge in [0.05, 0.1) is 6.54 Å². The fourth-order valence-electron chi connectivity index (χ4n) is 3.47. The third-order valence-corrected chi connectivity index (χ3v) is 6.65. The van der Waals surface area contributed by atoms with Crippen LogP contribution in [-0.2, 0) is 22.6 Å². The van der Waals surface area contributed by atoms with Gasteiger partial charge in [0.1, 0.15) is 12.4 Å². The Kier molecular flexibility index (Phi) is 10.1. The lowest BCUT2D eigenvalue weighted by Crippen LogP contribution is -2.44. The van der Waals surface area contributed by atoms with Crippen LogP contribution in [0.25, 0.3) is 0 Å². The second-order valence-corrected chi connectivity index (χ2v) is 9.55. The summed E-state index contributed by atoms with van der Waals surface area (Å²) < 4.78 is 18.5. The van der Waals surface area contributed by atoms with Crippen molar-refractivity contribution >= 4 is 40.6 Å². The first kappa shape index (κ1) is 26.7. The van der Waals surface area contributed by atoms with Gasteiger partial charge in [-0.3, -0.25) is 4.79 Å². The zero-order valence-corrected chi connectivity index (χ0v) is 21.4. The van der Waals surface area contributed by atoms with Gasteiger partial charge in [-0.2, -0.15) is 0 Å². The van der Waals surface area contributed by atoms with Crippen molar-refractivity contribution in [2.75, 3.05) is 32.1 Å². The lowest BCUT2D eigenvalue weighted by atomic mass is 10.2. The Morgan fingerprint density at radius 3 is 2.51 bits per heavy atom. The summed E-state index contributed by atoms with van der Waals surface area (Å²) in [6, 6.07) is 14.5. The van der Waals surface area contributed by atoms with Gasteiger partial charge in [0, 0.05) is 42.4 Å². The molecule has 3 aromatic rings. The molecular weight excluding hydrogens is 489 g/mol. The van der Waals surface area contributed by atoms with Gasteiger partial charge in [0.15, 0.2) is 0 Å². The number of methoxy groups -OCH3 is 1. The highest BCUT2D eigenvalue weighted by Crippen LogP contribution is 2.20. The van der Waals surface area contributed by atoms with E-state index in [2.05, 4.69) is 5.32 Å². The second kappa shape index (κ2) is 13.2. The number of carbonyl (C=O) groups excluding carboxylic acids is 2. The van der Waals surface area contributed by atoms with Crippen molar-refractivity contribution in [3.8, 4) is 0 Å². The average molecular weight is 518 g/mol. The molecule has 0 aliphatic rings. The molecule has 0 unspecified atom stereocenters. The molecule has 0 saturated heterocycles. The number of nitrogens with zero attached hydrogens (tertiary/aromatic N) is 2. The van der Waals surface area contributed by atoms with Gasteiger partial charge < -0.3 is 19.9 Å². The van der Waals surface area contributed by atoms with Crippen molar-refractivity contribution in [1.29, 1.82) is 0 Å². The van der Waals surface area contributed by atoms with Gasteiger partial charge in [-0.15, -0.1) is 11.3 Å². The molecule has 3 rings (SSSR count). The molecule has 186 valence electrons. The predicted octanol–water partition coefficient (Wildman–Crippen LogP) is 5.95. The number of anilines is 1. The van der Waals surface area contributed by atoms with Crippen LogP contribution in [0, 0.1) is 12.7 Å². The minimum atomic E-state index is -0.397. The summed E-state index contributed by atoms with van der Waals surface area (Å²) in [4.78, 5) is 30.8. The van der Waals surface area contributed by atoms with Crippen LogP contribution in [0.3, 0.4) is 0 Å². The highest BCUT2D eigenvalue weighted by Gasteiger charge is 2.23. The molecule has 1 aromatic heterocycles. The summed E-state index contributed by atoms with van der Waals surface area (Å²) in [7, 11) is 1.59. The number of hydrogen-bond acceptors (Lipinski definition) is 4. The van der Waals surface area contributed by atoms with E-state index >= 15 is 0 Å². The maximum Gasteiger partial charge on any atom is 0.322 e. The number of thiophene rings is 1. The Hall–Kier alpha value is -2.94. The summed E-state index contributed by atoms with van der Waals surface area (Å²) in [5, 5.41) is 5.30. The number of urea groups is 1. The van der Waals surface area contributed by atoms with Gasteiger partial charge in [-0.05, 0) is 66.2 Å². The Labute approximate surface area is 214 Å². The van der Waals surface area contributed by atoms with Crippen LogP contribution in [0.2, 0.25) is 5.02 Å². The SMILES string of the molecule is COCCCN(CC(=O)N(Cc1ccc(F)cc1)Cc1sccc1C)C(=O)Nc1cccc(Cl)c1. The first-order valence-electron chi connectivity index (χ1n) is 11.2. The van der Waals surface area contributed by atoms with Gasteiger partial charge in [0.25, 0.3) is 0 Å². The number of ether oxygens (including phenoxy) is 1. The Morgan fingerprint density at radius 2 is 1.86 bits per heavy atom. The standard InChI is InChI=1S/C26H29ClFN3O3S/c1-19-11-14-35-24(19)17-31(16-20-7-9-22(28)10-8-20)25(32)18-30(12-4-13-34-2)26(33)29-23-6-3-5-21(27)15-23/h3,5-11,14-15H,4,12-13,16-18H2,1-2H3,(H,29,33). The summed E-state index contributed by atoms with van der Waals surface area (Å²) in [5.74, 6) is -0.538. The highest BCUT2D eigenvalue weighted by atomic mass is 35.5. The number of benzene rings is 2. The highest BCUT2D eigenvalue weighted by molar-refractivity contribution is 7.10. The molecule has 1 N–H and O–H groups in total. The number of nitrogens with one attached hydrogen (secondary N) is 1. The normalized spacial score (nSPS) is 10.7. The third kappa shape index (κ3) is 8.35. The van der Waals surface area contributed by atoms with E-state index in [9.17, 15) is 14.0 Å². The van der Waals surface area contributed by atoms with Crippen LogP contribution in [-0.4, -0.2) is 48.5 Å². The minimum absolute atomic E-state index is 0.109. The van der Waals surface area contributed by atoms with E-state index in [1.54, 1.807) is 59.7 Å². The average Bonchev–Trinajstić information content (AvgIpc) is 3.23. The van der Waals surface area contributed by atoms with E-state index in [0.29, 0.717) is 43.4 Å². The number of halogens is 2. The van der Waals surface area contributed by atoms with Crippen LogP contribution >= 0.6 is 22.9 Å². The molecule has 0 radical (unpaired) electrons. The molecule has 2 aromatic carbocycles. The number of rotatable bonds is 11. The molecule has 0 fully saturated rings. The largest absolute Gasteiger partial charge is 0.385 e. The van der Waals surface area contributed by atoms with E-state index in [0.717, 1.165) is 16.0 Å². The molecular formula is C26H29ClFN3O3S. The summed E-state index contributed by atoms with van der Waals surface area (Å²) in [6.07, 6.45) is 0.578. The zero-order valence-electron chi connectivity index (χ0n) is 19.8. The van der Waals surface area contributed by atoms with Gasteiger partial charge >= 0.3 is 6.03 Å². The first-order valence-corrected chi connectivity index (χ1v) is 12.5. The molecule has 3 amide bonds. The maximum absolute atomic E-state index is 13.5. The number of amides is 3. The van der Waals surface area contributed by atoms with E-state index in [1.807, 2.05) is 18.4 Å². The lowest BCUT2D eigenvalue weighted by molar-refractivity contribution is -0.133. The monoisotopic (exact) mass is 517 g/mol. The Morgan fingerprint density at radius 1 is 1.09 bits per heavy atom. The number of carbonyl (C=O) groups is 2. The maximum atomic E-state index is 13.5. The molecule has 0 atom stereocenters. The predicted molar refractivity (Wildman–Crippen MR) is 138 cm³/mol. The van der Waals surface area contributed by atoms with Crippen LogP contribution < -0.4 is 5.32 Å². The van der Waals surface area contributed by atoms with Crippen LogP contribution in [0.15, 0.2) is 60.0 Å². The molecule has 9 heteroatoms. The van der Waals surface area contributed by atoms with E-state index < -0.39 is 6.03 Å². The zero-order chi connectivity index (χ0) is 25.2. The van der Waals surface area contributed by atoms with Crippen molar-refractivity contribution in [3.05, 3.63) is 86.8 Å². The summed E-state index contributed by atoms with van der Waals surface area (Å²) in [5.41, 5.74) is 2.45. The molecule has 0 aliphatic heterocycles. The van der Waals surface area contributed by atoms with E-state index in [4.69, 9.17) is 16.3 Å². The first-order chi connectivity index (χ1) is 16.9. The number of hydrogen-bond donors (Lipinski definition) is 1. The van der Waals surface area contributed by atoms with Crippen molar-refractivity contribution in [1.82, 2.24) is 9.80 Å². The molecule has 0 spiro atoms. The smallest absolute Gasteiger partial charge is 0.322 e. The summed E-state index contributed by atoms with van der Waals surface area (Å²) in [6.45, 7) is 3.40. The molecule has 35 heavy (non-hydrogen) atoms. The van der Waals surface area contributed by atoms with Crippen LogP contribution in [0.1, 0.15) is 22.4 Å². The Bertz CT molecular complexity index is 1120. The second-order valence-electron chi connectivity index (χ2n) is 8.11. The molecule has 0 aliphatic carbocycles. The molecule has 0 bridgehead atoms. The Balaban J connectivity index is 1.77. The topological polar surface area (TPSA) is 61.9 Å². The van der Waals surface area contributed by atoms with Crippen molar-refractivity contribution < 1.29 is 18.7 Å². The van der Waals surface area contributed by atoms with E-state index in [1.165, 1.54) is 17.0 Å². The van der Waals surface area contributed by atoms with Crippen molar-refractivity contribution in [2.24, 2.45) is 0 Å². The third-order valence-electron chi connectivity index (χ3n) is 5.41. The van der Waals surface area contributed by atoms with Gasteiger partial charge in [0.2, 0.25) is 5.91 Å².